The first-order valence-electron chi connectivity index (χ1n) is 6.75. The van der Waals surface area contributed by atoms with Gasteiger partial charge in [-0.3, -0.25) is 4.79 Å². The number of halogens is 1. The van der Waals surface area contributed by atoms with Gasteiger partial charge in [-0.2, -0.15) is 0 Å². The molecule has 1 aromatic carbocycles. The van der Waals surface area contributed by atoms with Gasteiger partial charge in [-0.1, -0.05) is 30.9 Å². The number of carbonyl (C=O) groups excluding carboxylic acids is 2. The zero-order valence-corrected chi connectivity index (χ0v) is 11.7. The second-order valence-corrected chi connectivity index (χ2v) is 5.83. The molecule has 5 nitrogen and oxygen atoms in total. The fraction of sp³-hybridized carbons (Fsp3) is 0.429. The van der Waals surface area contributed by atoms with E-state index in [1.54, 1.807) is 18.2 Å². The molecule has 0 atom stereocenters. The van der Waals surface area contributed by atoms with Crippen molar-refractivity contribution in [3.63, 3.8) is 0 Å². The summed E-state index contributed by atoms with van der Waals surface area (Å²) in [6.45, 7) is 0. The molecule has 1 saturated heterocycles. The fourth-order valence-electron chi connectivity index (χ4n) is 3.04. The standard InChI is InChI=1S/C14H16ClN3O2/c15-10-8-9(16)4-5-11(10)18-12(19)14(17-13(18)20)6-2-1-3-7-14/h4-5,8H,1-3,6-7,16H2,(H,17,20). The van der Waals surface area contributed by atoms with Crippen LogP contribution in [0.15, 0.2) is 18.2 Å². The second kappa shape index (κ2) is 4.66. The first-order chi connectivity index (χ1) is 9.53. The van der Waals surface area contributed by atoms with E-state index in [4.69, 9.17) is 17.3 Å². The molecule has 1 aliphatic heterocycles. The van der Waals surface area contributed by atoms with E-state index in [9.17, 15) is 9.59 Å². The SMILES string of the molecule is Nc1ccc(N2C(=O)NC3(CCCCC3)C2=O)c(Cl)c1. The minimum atomic E-state index is -0.736. The number of rotatable bonds is 1. The minimum absolute atomic E-state index is 0.200. The largest absolute Gasteiger partial charge is 0.399 e. The van der Waals surface area contributed by atoms with Crippen LogP contribution in [0.4, 0.5) is 16.2 Å². The molecule has 2 fully saturated rings. The van der Waals surface area contributed by atoms with Crippen molar-refractivity contribution in [1.82, 2.24) is 5.32 Å². The predicted octanol–water partition coefficient (Wildman–Crippen LogP) is 2.68. The van der Waals surface area contributed by atoms with Gasteiger partial charge in [0.1, 0.15) is 5.54 Å². The van der Waals surface area contributed by atoms with Crippen LogP contribution in [0.5, 0.6) is 0 Å². The van der Waals surface area contributed by atoms with Crippen LogP contribution in [-0.2, 0) is 4.79 Å². The molecule has 2 aliphatic rings. The minimum Gasteiger partial charge on any atom is -0.399 e. The summed E-state index contributed by atoms with van der Waals surface area (Å²) >= 11 is 6.11. The third-order valence-corrected chi connectivity index (χ3v) is 4.38. The highest BCUT2D eigenvalue weighted by atomic mass is 35.5. The lowest BCUT2D eigenvalue weighted by atomic mass is 9.82. The first-order valence-corrected chi connectivity index (χ1v) is 7.13. The van der Waals surface area contributed by atoms with E-state index in [1.165, 1.54) is 0 Å². The average molecular weight is 294 g/mol. The van der Waals surface area contributed by atoms with Gasteiger partial charge in [0.15, 0.2) is 0 Å². The third-order valence-electron chi connectivity index (χ3n) is 4.08. The van der Waals surface area contributed by atoms with E-state index in [1.807, 2.05) is 0 Å². The number of nitrogen functional groups attached to an aromatic ring is 1. The van der Waals surface area contributed by atoms with Crippen LogP contribution in [-0.4, -0.2) is 17.5 Å². The van der Waals surface area contributed by atoms with Crippen molar-refractivity contribution in [2.24, 2.45) is 0 Å². The molecule has 1 spiro atoms. The smallest absolute Gasteiger partial charge is 0.329 e. The molecule has 0 aromatic heterocycles. The number of amides is 3. The zero-order chi connectivity index (χ0) is 14.3. The molecule has 1 aromatic rings. The van der Waals surface area contributed by atoms with Crippen LogP contribution in [0, 0.1) is 0 Å². The lowest BCUT2D eigenvalue weighted by Crippen LogP contribution is -2.48. The van der Waals surface area contributed by atoms with Crippen molar-refractivity contribution >= 4 is 34.9 Å². The maximum Gasteiger partial charge on any atom is 0.329 e. The topological polar surface area (TPSA) is 75.4 Å². The number of nitrogens with one attached hydrogen (secondary N) is 1. The van der Waals surface area contributed by atoms with Crippen LogP contribution in [0.25, 0.3) is 0 Å². The van der Waals surface area contributed by atoms with Crippen LogP contribution < -0.4 is 16.0 Å². The van der Waals surface area contributed by atoms with Gasteiger partial charge >= 0.3 is 6.03 Å². The Balaban J connectivity index is 1.98. The number of nitrogens with two attached hydrogens (primary N) is 1. The monoisotopic (exact) mass is 293 g/mol. The maximum atomic E-state index is 12.7. The van der Waals surface area contributed by atoms with E-state index >= 15 is 0 Å². The van der Waals surface area contributed by atoms with Crippen molar-refractivity contribution in [2.45, 2.75) is 37.6 Å². The molecular weight excluding hydrogens is 278 g/mol. The molecule has 1 heterocycles. The Morgan fingerprint density at radius 3 is 2.55 bits per heavy atom. The van der Waals surface area contributed by atoms with Crippen LogP contribution in [0.2, 0.25) is 5.02 Å². The summed E-state index contributed by atoms with van der Waals surface area (Å²) in [4.78, 5) is 26.0. The quantitative estimate of drug-likeness (QED) is 0.617. The van der Waals surface area contributed by atoms with E-state index in [0.29, 0.717) is 29.2 Å². The Bertz CT molecular complexity index is 582. The van der Waals surface area contributed by atoms with Gasteiger partial charge in [-0.25, -0.2) is 9.69 Å². The second-order valence-electron chi connectivity index (χ2n) is 5.42. The lowest BCUT2D eigenvalue weighted by Gasteiger charge is -2.30. The van der Waals surface area contributed by atoms with Crippen LogP contribution >= 0.6 is 11.6 Å². The zero-order valence-electron chi connectivity index (χ0n) is 11.0. The number of urea groups is 1. The van der Waals surface area contributed by atoms with Crippen LogP contribution in [0.1, 0.15) is 32.1 Å². The number of imide groups is 1. The number of hydrogen-bond acceptors (Lipinski definition) is 3. The van der Waals surface area contributed by atoms with Gasteiger partial charge in [0.05, 0.1) is 10.7 Å². The molecule has 1 aliphatic carbocycles. The summed E-state index contributed by atoms with van der Waals surface area (Å²) in [5.74, 6) is -0.200. The normalized spacial score (nSPS) is 21.4. The molecule has 0 unspecified atom stereocenters. The Morgan fingerprint density at radius 1 is 1.20 bits per heavy atom. The van der Waals surface area contributed by atoms with Crippen LogP contribution in [0.3, 0.4) is 0 Å². The number of hydrogen-bond donors (Lipinski definition) is 2. The molecule has 3 N–H and O–H groups in total. The average Bonchev–Trinajstić information content (AvgIpc) is 2.63. The van der Waals surface area contributed by atoms with Crippen molar-refractivity contribution in [3.05, 3.63) is 23.2 Å². The number of benzene rings is 1. The lowest BCUT2D eigenvalue weighted by molar-refractivity contribution is -0.123. The fourth-order valence-corrected chi connectivity index (χ4v) is 3.31. The Morgan fingerprint density at radius 2 is 1.90 bits per heavy atom. The predicted molar refractivity (Wildman–Crippen MR) is 77.7 cm³/mol. The molecule has 3 amide bonds. The summed E-state index contributed by atoms with van der Waals surface area (Å²) in [6, 6.07) is 4.39. The van der Waals surface area contributed by atoms with E-state index in [2.05, 4.69) is 5.32 Å². The molecule has 6 heteroatoms. The first kappa shape index (κ1) is 13.2. The highest BCUT2D eigenvalue weighted by Crippen LogP contribution is 2.38. The number of anilines is 2. The maximum absolute atomic E-state index is 12.7. The molecule has 1 saturated carbocycles. The number of nitrogens with zero attached hydrogens (tertiary/aromatic N) is 1. The summed E-state index contributed by atoms with van der Waals surface area (Å²) in [6.07, 6.45) is 4.40. The van der Waals surface area contributed by atoms with Crippen molar-refractivity contribution < 1.29 is 9.59 Å². The van der Waals surface area contributed by atoms with Gasteiger partial charge < -0.3 is 11.1 Å². The van der Waals surface area contributed by atoms with E-state index < -0.39 is 11.6 Å². The molecule has 3 rings (SSSR count). The molecular formula is C14H16ClN3O2. The summed E-state index contributed by atoms with van der Waals surface area (Å²) < 4.78 is 0. The van der Waals surface area contributed by atoms with E-state index in [0.717, 1.165) is 24.2 Å². The van der Waals surface area contributed by atoms with Gasteiger partial charge in [0.2, 0.25) is 0 Å². The summed E-state index contributed by atoms with van der Waals surface area (Å²) in [7, 11) is 0. The van der Waals surface area contributed by atoms with Crippen molar-refractivity contribution in [1.29, 1.82) is 0 Å². The van der Waals surface area contributed by atoms with Crippen molar-refractivity contribution in [2.75, 3.05) is 10.6 Å². The van der Waals surface area contributed by atoms with Gasteiger partial charge in [-0.15, -0.1) is 0 Å². The Kier molecular flexibility index (Phi) is 3.09. The van der Waals surface area contributed by atoms with Gasteiger partial charge in [-0.05, 0) is 31.0 Å². The van der Waals surface area contributed by atoms with Gasteiger partial charge in [0, 0.05) is 5.69 Å². The summed E-state index contributed by atoms with van der Waals surface area (Å²) in [5.41, 5.74) is 5.80. The molecule has 0 radical (unpaired) electrons. The summed E-state index contributed by atoms with van der Waals surface area (Å²) in [5, 5.41) is 3.16. The third kappa shape index (κ3) is 1.93. The Hall–Kier alpha value is -1.75. The van der Waals surface area contributed by atoms with Gasteiger partial charge in [0.25, 0.3) is 5.91 Å². The molecule has 106 valence electrons. The molecule has 0 bridgehead atoms. The Labute approximate surface area is 122 Å². The highest BCUT2D eigenvalue weighted by Gasteiger charge is 2.52. The molecule has 20 heavy (non-hydrogen) atoms. The highest BCUT2D eigenvalue weighted by molar-refractivity contribution is 6.36. The van der Waals surface area contributed by atoms with Crippen molar-refractivity contribution in [3.8, 4) is 0 Å². The number of carbonyl (C=O) groups is 2. The van der Waals surface area contributed by atoms with E-state index in [-0.39, 0.29) is 5.91 Å².